The molecular formula is C24H19BrN2O. The molecule has 2 heterocycles. The predicted molar refractivity (Wildman–Crippen MR) is 118 cm³/mol. The number of rotatable bonds is 3. The summed E-state index contributed by atoms with van der Waals surface area (Å²) in [5.74, 6) is 2.03. The fourth-order valence-electron chi connectivity index (χ4n) is 3.80. The lowest BCUT2D eigenvalue weighted by molar-refractivity contribution is 0.415. The number of methoxy groups -OCH3 is 1. The van der Waals surface area contributed by atoms with Crippen molar-refractivity contribution in [1.82, 2.24) is 0 Å². The first-order valence-electron chi connectivity index (χ1n) is 9.24. The third kappa shape index (κ3) is 2.81. The lowest BCUT2D eigenvalue weighted by Gasteiger charge is -2.32. The fourth-order valence-corrected chi connectivity index (χ4v) is 4.06. The molecule has 0 saturated carbocycles. The smallest absolute Gasteiger partial charge is 0.119 e. The van der Waals surface area contributed by atoms with Gasteiger partial charge in [-0.15, -0.1) is 0 Å². The maximum atomic E-state index is 5.32. The summed E-state index contributed by atoms with van der Waals surface area (Å²) in [6.07, 6.45) is 5.45. The van der Waals surface area contributed by atoms with Crippen LogP contribution in [0.5, 0.6) is 5.75 Å². The van der Waals surface area contributed by atoms with E-state index in [0.29, 0.717) is 0 Å². The van der Waals surface area contributed by atoms with Gasteiger partial charge in [-0.2, -0.15) is 0 Å². The number of hydrogen-bond acceptors (Lipinski definition) is 3. The van der Waals surface area contributed by atoms with E-state index in [1.165, 1.54) is 28.3 Å². The van der Waals surface area contributed by atoms with E-state index in [1.54, 1.807) is 7.11 Å². The molecule has 3 aromatic rings. The zero-order valence-corrected chi connectivity index (χ0v) is 17.1. The minimum atomic E-state index is 0.861. The summed E-state index contributed by atoms with van der Waals surface area (Å²) in [6.45, 7) is 0. The van der Waals surface area contributed by atoms with Gasteiger partial charge in [0.25, 0.3) is 0 Å². The van der Waals surface area contributed by atoms with Gasteiger partial charge in [0.1, 0.15) is 11.6 Å². The average molecular weight is 431 g/mol. The second-order valence-electron chi connectivity index (χ2n) is 6.82. The molecule has 5 rings (SSSR count). The first kappa shape index (κ1) is 17.1. The molecule has 2 aliphatic rings. The Morgan fingerprint density at radius 3 is 2.39 bits per heavy atom. The van der Waals surface area contributed by atoms with E-state index in [0.717, 1.165) is 22.3 Å². The number of allylic oxidation sites excluding steroid dienone is 1. The number of benzene rings is 3. The number of fused-ring (bicyclic) bond motifs is 3. The number of halogens is 1. The molecule has 0 atom stereocenters. The van der Waals surface area contributed by atoms with Crippen LogP contribution in [0.15, 0.2) is 95.4 Å². The number of ether oxygens (including phenoxy) is 1. The van der Waals surface area contributed by atoms with Crippen LogP contribution in [0, 0.1) is 0 Å². The van der Waals surface area contributed by atoms with E-state index < -0.39 is 0 Å². The van der Waals surface area contributed by atoms with Crippen LogP contribution in [0.4, 0.5) is 11.4 Å². The van der Waals surface area contributed by atoms with Gasteiger partial charge in [0.2, 0.25) is 0 Å². The molecule has 0 unspecified atom stereocenters. The van der Waals surface area contributed by atoms with E-state index in [2.05, 4.69) is 98.7 Å². The van der Waals surface area contributed by atoms with Crippen LogP contribution in [-0.4, -0.2) is 7.11 Å². The van der Waals surface area contributed by atoms with Gasteiger partial charge < -0.3 is 9.64 Å². The summed E-state index contributed by atoms with van der Waals surface area (Å²) in [6, 6.07) is 25.3. The maximum absolute atomic E-state index is 5.32. The highest BCUT2D eigenvalue weighted by Gasteiger charge is 2.33. The van der Waals surface area contributed by atoms with Gasteiger partial charge >= 0.3 is 0 Å². The molecule has 0 N–H and O–H groups in total. The van der Waals surface area contributed by atoms with Crippen LogP contribution >= 0.6 is 15.9 Å². The monoisotopic (exact) mass is 430 g/mol. The molecule has 0 spiro atoms. The fraction of sp³-hybridized carbons (Fsp3) is 0.0833. The average Bonchev–Trinajstić information content (AvgIpc) is 3.14. The zero-order valence-electron chi connectivity index (χ0n) is 15.5. The molecule has 4 heteroatoms. The van der Waals surface area contributed by atoms with Crippen molar-refractivity contribution in [2.75, 3.05) is 16.9 Å². The lowest BCUT2D eigenvalue weighted by Crippen LogP contribution is -2.27. The van der Waals surface area contributed by atoms with Crippen molar-refractivity contribution in [2.24, 2.45) is 0 Å². The summed E-state index contributed by atoms with van der Waals surface area (Å²) in [4.78, 5) is 4.61. The molecule has 3 aromatic carbocycles. The SMILES string of the molecule is COc1ccc(N2C=C(c3ccc(Br)cc3)N3C2=CCc2ccccc23)cc1. The topological polar surface area (TPSA) is 15.7 Å². The summed E-state index contributed by atoms with van der Waals surface area (Å²) >= 11 is 3.54. The summed E-state index contributed by atoms with van der Waals surface area (Å²) in [5.41, 5.74) is 6.04. The normalized spacial score (nSPS) is 14.9. The van der Waals surface area contributed by atoms with Crippen molar-refractivity contribution in [3.8, 4) is 5.75 Å². The third-order valence-electron chi connectivity index (χ3n) is 5.20. The molecule has 28 heavy (non-hydrogen) atoms. The van der Waals surface area contributed by atoms with Crippen LogP contribution < -0.4 is 14.5 Å². The number of anilines is 2. The molecule has 3 nitrogen and oxygen atoms in total. The van der Waals surface area contributed by atoms with Gasteiger partial charge in [0, 0.05) is 21.9 Å². The second-order valence-corrected chi connectivity index (χ2v) is 7.74. The van der Waals surface area contributed by atoms with Gasteiger partial charge in [-0.1, -0.05) is 46.3 Å². The van der Waals surface area contributed by atoms with Crippen molar-refractivity contribution in [2.45, 2.75) is 6.42 Å². The molecule has 0 bridgehead atoms. The summed E-state index contributed by atoms with van der Waals surface area (Å²) < 4.78 is 6.40. The Kier molecular flexibility index (Phi) is 4.21. The van der Waals surface area contributed by atoms with Crippen molar-refractivity contribution in [3.63, 3.8) is 0 Å². The molecule has 0 radical (unpaired) electrons. The second kappa shape index (κ2) is 6.88. The third-order valence-corrected chi connectivity index (χ3v) is 5.72. The minimum Gasteiger partial charge on any atom is -0.497 e. The molecule has 0 fully saturated rings. The molecule has 0 aromatic heterocycles. The standard InChI is InChI=1S/C24H19BrN2O/c1-28-21-13-11-20(12-14-21)26-16-23(18-6-9-19(25)10-7-18)27-22-5-3-2-4-17(22)8-15-24(26)27/h2-7,9-16H,8H2,1H3. The predicted octanol–water partition coefficient (Wildman–Crippen LogP) is 6.18. The van der Waals surface area contributed by atoms with Crippen LogP contribution in [0.25, 0.3) is 5.70 Å². The first-order valence-corrected chi connectivity index (χ1v) is 10.0. The highest BCUT2D eigenvalue weighted by molar-refractivity contribution is 9.10. The van der Waals surface area contributed by atoms with Crippen molar-refractivity contribution in [1.29, 1.82) is 0 Å². The molecule has 138 valence electrons. The Hall–Kier alpha value is -2.98. The zero-order chi connectivity index (χ0) is 19.1. The van der Waals surface area contributed by atoms with Crippen molar-refractivity contribution < 1.29 is 4.74 Å². The van der Waals surface area contributed by atoms with E-state index >= 15 is 0 Å². The number of para-hydroxylation sites is 1. The Morgan fingerprint density at radius 1 is 0.893 bits per heavy atom. The Bertz CT molecular complexity index is 1080. The molecule has 2 aliphatic heterocycles. The van der Waals surface area contributed by atoms with Crippen LogP contribution in [0.1, 0.15) is 11.1 Å². The van der Waals surface area contributed by atoms with E-state index in [-0.39, 0.29) is 0 Å². The van der Waals surface area contributed by atoms with Gasteiger partial charge in [0.05, 0.1) is 18.5 Å². The Labute approximate surface area is 173 Å². The number of hydrogen-bond donors (Lipinski definition) is 0. The molecular weight excluding hydrogens is 412 g/mol. The largest absolute Gasteiger partial charge is 0.497 e. The van der Waals surface area contributed by atoms with E-state index in [4.69, 9.17) is 4.74 Å². The minimum absolute atomic E-state index is 0.861. The highest BCUT2D eigenvalue weighted by atomic mass is 79.9. The quantitative estimate of drug-likeness (QED) is 0.493. The molecule has 0 amide bonds. The van der Waals surface area contributed by atoms with Crippen LogP contribution in [0.3, 0.4) is 0 Å². The van der Waals surface area contributed by atoms with Gasteiger partial charge in [0.15, 0.2) is 0 Å². The van der Waals surface area contributed by atoms with Crippen molar-refractivity contribution in [3.05, 3.63) is 106 Å². The highest BCUT2D eigenvalue weighted by Crippen LogP contribution is 2.44. The van der Waals surface area contributed by atoms with Crippen LogP contribution in [-0.2, 0) is 6.42 Å². The van der Waals surface area contributed by atoms with Crippen molar-refractivity contribution >= 4 is 33.0 Å². The van der Waals surface area contributed by atoms with Crippen LogP contribution in [0.2, 0.25) is 0 Å². The van der Waals surface area contributed by atoms with Gasteiger partial charge in [-0.05, 0) is 60.5 Å². The van der Waals surface area contributed by atoms with E-state index in [9.17, 15) is 0 Å². The summed E-state index contributed by atoms with van der Waals surface area (Å²) in [5, 5.41) is 0. The Balaban J connectivity index is 1.65. The van der Waals surface area contributed by atoms with Gasteiger partial charge in [-0.25, -0.2) is 0 Å². The van der Waals surface area contributed by atoms with E-state index in [1.807, 2.05) is 12.1 Å². The Morgan fingerprint density at radius 2 is 1.64 bits per heavy atom. The van der Waals surface area contributed by atoms with Gasteiger partial charge in [-0.3, -0.25) is 4.90 Å². The molecule has 0 saturated heterocycles. The summed E-state index contributed by atoms with van der Waals surface area (Å²) in [7, 11) is 1.69. The lowest BCUT2D eigenvalue weighted by atomic mass is 10.0. The first-order chi connectivity index (χ1) is 13.7. The maximum Gasteiger partial charge on any atom is 0.119 e. The number of nitrogens with zero attached hydrogens (tertiary/aromatic N) is 2. The molecule has 0 aliphatic carbocycles.